The van der Waals surface area contributed by atoms with Gasteiger partial charge >= 0.3 is 0 Å². The van der Waals surface area contributed by atoms with E-state index in [1.165, 1.54) is 0 Å². The van der Waals surface area contributed by atoms with Crippen molar-refractivity contribution in [3.63, 3.8) is 0 Å². The Bertz CT molecular complexity index is 605. The Hall–Kier alpha value is -2.30. The Labute approximate surface area is 126 Å². The van der Waals surface area contributed by atoms with Crippen LogP contribution in [0.25, 0.3) is 0 Å². The molecule has 0 bridgehead atoms. The van der Waals surface area contributed by atoms with Crippen LogP contribution in [0.2, 0.25) is 0 Å². The minimum absolute atomic E-state index is 0.542. The van der Waals surface area contributed by atoms with Crippen LogP contribution < -0.4 is 16.0 Å². The zero-order valence-corrected chi connectivity index (χ0v) is 13.1. The third-order valence-corrected chi connectivity index (χ3v) is 3.35. The van der Waals surface area contributed by atoms with E-state index in [0.717, 1.165) is 41.4 Å². The van der Waals surface area contributed by atoms with E-state index in [0.29, 0.717) is 5.82 Å². The predicted molar refractivity (Wildman–Crippen MR) is 89.2 cm³/mol. The molecule has 0 unspecified atom stereocenters. The molecule has 0 radical (unpaired) electrons. The number of aromatic nitrogens is 2. The standard InChI is InChI=1S/C16H23N5/c1-5-6-14-19-15(17)11(2)16(20-14)18-12-7-9-13(10-8-12)21(3)4/h7-10H,5-6H2,1-4H3,(H3,17,18,19,20). The van der Waals surface area contributed by atoms with Crippen LogP contribution in [0.4, 0.5) is 23.0 Å². The molecule has 0 aliphatic carbocycles. The van der Waals surface area contributed by atoms with Gasteiger partial charge in [-0.05, 0) is 37.6 Å². The molecule has 0 spiro atoms. The van der Waals surface area contributed by atoms with Gasteiger partial charge in [-0.25, -0.2) is 9.97 Å². The second kappa shape index (κ2) is 6.43. The molecule has 2 rings (SSSR count). The fourth-order valence-electron chi connectivity index (χ4n) is 2.02. The van der Waals surface area contributed by atoms with Gasteiger partial charge in [-0.3, -0.25) is 0 Å². The van der Waals surface area contributed by atoms with E-state index in [1.54, 1.807) is 0 Å². The van der Waals surface area contributed by atoms with Crippen molar-refractivity contribution in [2.45, 2.75) is 26.7 Å². The highest BCUT2D eigenvalue weighted by molar-refractivity contribution is 5.65. The number of benzene rings is 1. The smallest absolute Gasteiger partial charge is 0.139 e. The Kier molecular flexibility index (Phi) is 4.62. The second-order valence-corrected chi connectivity index (χ2v) is 5.31. The van der Waals surface area contributed by atoms with Gasteiger partial charge in [-0.15, -0.1) is 0 Å². The van der Waals surface area contributed by atoms with E-state index >= 15 is 0 Å². The SMILES string of the molecule is CCCc1nc(N)c(C)c(Nc2ccc(N(C)C)cc2)n1. The van der Waals surface area contributed by atoms with Crippen LogP contribution in [0.3, 0.4) is 0 Å². The first-order chi connectivity index (χ1) is 10.0. The number of rotatable bonds is 5. The average molecular weight is 285 g/mol. The van der Waals surface area contributed by atoms with Crippen molar-refractivity contribution in [2.24, 2.45) is 0 Å². The van der Waals surface area contributed by atoms with Crippen LogP contribution in [0.1, 0.15) is 24.7 Å². The molecule has 21 heavy (non-hydrogen) atoms. The van der Waals surface area contributed by atoms with Crippen LogP contribution >= 0.6 is 0 Å². The van der Waals surface area contributed by atoms with Crippen LogP contribution in [0.5, 0.6) is 0 Å². The Morgan fingerprint density at radius 2 is 1.81 bits per heavy atom. The van der Waals surface area contributed by atoms with Crippen LogP contribution in [-0.4, -0.2) is 24.1 Å². The van der Waals surface area contributed by atoms with Crippen LogP contribution in [0.15, 0.2) is 24.3 Å². The summed E-state index contributed by atoms with van der Waals surface area (Å²) in [4.78, 5) is 11.0. The van der Waals surface area contributed by atoms with E-state index in [2.05, 4.69) is 39.2 Å². The average Bonchev–Trinajstić information content (AvgIpc) is 2.45. The topological polar surface area (TPSA) is 67.1 Å². The van der Waals surface area contributed by atoms with Crippen molar-refractivity contribution in [1.82, 2.24) is 9.97 Å². The molecule has 0 saturated carbocycles. The number of hydrogen-bond acceptors (Lipinski definition) is 5. The summed E-state index contributed by atoms with van der Waals surface area (Å²) in [5.74, 6) is 2.11. The number of nitrogens with two attached hydrogens (primary N) is 1. The van der Waals surface area contributed by atoms with Crippen molar-refractivity contribution >= 4 is 23.0 Å². The predicted octanol–water partition coefficient (Wildman–Crippen LogP) is 3.13. The first-order valence-electron chi connectivity index (χ1n) is 7.18. The monoisotopic (exact) mass is 285 g/mol. The number of nitrogens with zero attached hydrogens (tertiary/aromatic N) is 3. The summed E-state index contributed by atoms with van der Waals surface area (Å²) < 4.78 is 0. The summed E-state index contributed by atoms with van der Waals surface area (Å²) in [5, 5.41) is 3.33. The Balaban J connectivity index is 2.25. The van der Waals surface area contributed by atoms with E-state index < -0.39 is 0 Å². The molecule has 3 N–H and O–H groups in total. The maximum Gasteiger partial charge on any atom is 0.139 e. The normalized spacial score (nSPS) is 10.5. The maximum atomic E-state index is 5.97. The van der Waals surface area contributed by atoms with Crippen LogP contribution in [0, 0.1) is 6.92 Å². The zero-order chi connectivity index (χ0) is 15.4. The van der Waals surface area contributed by atoms with Crippen LogP contribution in [-0.2, 0) is 6.42 Å². The highest BCUT2D eigenvalue weighted by Crippen LogP contribution is 2.23. The summed E-state index contributed by atoms with van der Waals surface area (Å²) in [5.41, 5.74) is 9.00. The molecular weight excluding hydrogens is 262 g/mol. The third-order valence-electron chi connectivity index (χ3n) is 3.35. The highest BCUT2D eigenvalue weighted by atomic mass is 15.1. The number of aryl methyl sites for hydroxylation is 1. The molecule has 5 heteroatoms. The second-order valence-electron chi connectivity index (χ2n) is 5.31. The van der Waals surface area contributed by atoms with Gasteiger partial charge in [0, 0.05) is 37.5 Å². The molecule has 1 heterocycles. The molecule has 2 aromatic rings. The number of hydrogen-bond donors (Lipinski definition) is 2. The first-order valence-corrected chi connectivity index (χ1v) is 7.18. The fraction of sp³-hybridized carbons (Fsp3) is 0.375. The van der Waals surface area contributed by atoms with Gasteiger partial charge in [0.2, 0.25) is 0 Å². The molecule has 0 aliphatic heterocycles. The zero-order valence-electron chi connectivity index (χ0n) is 13.1. The lowest BCUT2D eigenvalue weighted by atomic mass is 10.2. The maximum absolute atomic E-state index is 5.97. The lowest BCUT2D eigenvalue weighted by Crippen LogP contribution is -2.09. The number of anilines is 4. The molecule has 112 valence electrons. The van der Waals surface area contributed by atoms with Gasteiger partial charge in [-0.2, -0.15) is 0 Å². The highest BCUT2D eigenvalue weighted by Gasteiger charge is 2.08. The van der Waals surface area contributed by atoms with Gasteiger partial charge in [0.15, 0.2) is 0 Å². The molecule has 1 aromatic heterocycles. The van der Waals surface area contributed by atoms with E-state index in [1.807, 2.05) is 33.2 Å². The van der Waals surface area contributed by atoms with E-state index in [9.17, 15) is 0 Å². The first kappa shape index (κ1) is 15.1. The molecule has 1 aromatic carbocycles. The minimum Gasteiger partial charge on any atom is -0.383 e. The van der Waals surface area contributed by atoms with Crippen molar-refractivity contribution in [3.05, 3.63) is 35.7 Å². The van der Waals surface area contributed by atoms with Gasteiger partial charge in [-0.1, -0.05) is 6.92 Å². The van der Waals surface area contributed by atoms with Crippen molar-refractivity contribution in [1.29, 1.82) is 0 Å². The lowest BCUT2D eigenvalue weighted by molar-refractivity contribution is 0.836. The molecule has 0 saturated heterocycles. The summed E-state index contributed by atoms with van der Waals surface area (Å²) in [6.07, 6.45) is 1.83. The van der Waals surface area contributed by atoms with Gasteiger partial charge < -0.3 is 16.0 Å². The largest absolute Gasteiger partial charge is 0.383 e. The van der Waals surface area contributed by atoms with Crippen molar-refractivity contribution in [3.8, 4) is 0 Å². The lowest BCUT2D eigenvalue weighted by Gasteiger charge is -2.14. The molecule has 5 nitrogen and oxygen atoms in total. The van der Waals surface area contributed by atoms with Crippen molar-refractivity contribution in [2.75, 3.05) is 30.0 Å². The Morgan fingerprint density at radius 1 is 1.14 bits per heavy atom. The minimum atomic E-state index is 0.542. The number of nitrogen functional groups attached to an aromatic ring is 1. The molecule has 0 aliphatic rings. The van der Waals surface area contributed by atoms with Gasteiger partial charge in [0.05, 0.1) is 0 Å². The number of nitrogens with one attached hydrogen (secondary N) is 1. The van der Waals surface area contributed by atoms with Gasteiger partial charge in [0.1, 0.15) is 17.5 Å². The van der Waals surface area contributed by atoms with E-state index in [-0.39, 0.29) is 0 Å². The van der Waals surface area contributed by atoms with E-state index in [4.69, 9.17) is 5.73 Å². The Morgan fingerprint density at radius 3 is 2.38 bits per heavy atom. The molecule has 0 fully saturated rings. The third kappa shape index (κ3) is 3.62. The summed E-state index contributed by atoms with van der Waals surface area (Å²) in [7, 11) is 4.05. The summed E-state index contributed by atoms with van der Waals surface area (Å²) >= 11 is 0. The molecular formula is C16H23N5. The fourth-order valence-corrected chi connectivity index (χ4v) is 2.02. The van der Waals surface area contributed by atoms with Crippen molar-refractivity contribution < 1.29 is 0 Å². The molecule has 0 atom stereocenters. The van der Waals surface area contributed by atoms with Gasteiger partial charge in [0.25, 0.3) is 0 Å². The quantitative estimate of drug-likeness (QED) is 0.883. The summed E-state index contributed by atoms with van der Waals surface area (Å²) in [6, 6.07) is 8.20. The molecule has 0 amide bonds. The summed E-state index contributed by atoms with van der Waals surface area (Å²) in [6.45, 7) is 4.04.